The molecule has 0 saturated carbocycles. The number of carboxylic acid groups (broad SMARTS) is 2. The number of thioether (sulfide) groups is 1. The molecular weight excluding hydrogens is 284 g/mol. The summed E-state index contributed by atoms with van der Waals surface area (Å²) in [7, 11) is 0. The van der Waals surface area contributed by atoms with E-state index >= 15 is 0 Å². The van der Waals surface area contributed by atoms with Crippen LogP contribution in [0.5, 0.6) is 5.75 Å². The van der Waals surface area contributed by atoms with E-state index in [1.807, 2.05) is 0 Å². The monoisotopic (exact) mass is 300 g/mol. The Balaban J connectivity index is 2.76. The highest BCUT2D eigenvalue weighted by molar-refractivity contribution is 7.99. The molecule has 8 heteroatoms. The maximum atomic E-state index is 10.7. The molecule has 1 aromatic carbocycles. The van der Waals surface area contributed by atoms with Crippen LogP contribution in [0.3, 0.4) is 0 Å². The lowest BCUT2D eigenvalue weighted by Crippen LogP contribution is -2.32. The minimum Gasteiger partial charge on any atom is -0.507 e. The molecule has 1 aromatic rings. The molecule has 2 atom stereocenters. The summed E-state index contributed by atoms with van der Waals surface area (Å²) in [6.07, 6.45) is 0.119. The topological polar surface area (TPSA) is 147 Å². The second-order valence-corrected chi connectivity index (χ2v) is 5.27. The van der Waals surface area contributed by atoms with Crippen LogP contribution in [0, 0.1) is 0 Å². The number of carboxylic acids is 2. The number of phenols is 1. The third-order valence-electron chi connectivity index (χ3n) is 2.53. The van der Waals surface area contributed by atoms with Crippen molar-refractivity contribution in [1.29, 1.82) is 0 Å². The van der Waals surface area contributed by atoms with Crippen LogP contribution in [-0.4, -0.2) is 45.1 Å². The van der Waals surface area contributed by atoms with Crippen molar-refractivity contribution in [3.8, 4) is 5.75 Å². The van der Waals surface area contributed by atoms with Gasteiger partial charge < -0.3 is 26.8 Å². The molecule has 7 nitrogen and oxygen atoms in total. The molecule has 0 amide bonds. The molecule has 0 radical (unpaired) electrons. The summed E-state index contributed by atoms with van der Waals surface area (Å²) < 4.78 is 0. The lowest BCUT2D eigenvalue weighted by molar-refractivity contribution is -0.139. The molecule has 0 aromatic heterocycles. The Bertz CT molecular complexity index is 509. The maximum Gasteiger partial charge on any atom is 0.321 e. The van der Waals surface area contributed by atoms with E-state index in [1.165, 1.54) is 6.07 Å². The summed E-state index contributed by atoms with van der Waals surface area (Å²) in [6, 6.07) is 2.50. The molecule has 0 aliphatic carbocycles. The van der Waals surface area contributed by atoms with Crippen molar-refractivity contribution in [2.45, 2.75) is 23.4 Å². The van der Waals surface area contributed by atoms with Crippen LogP contribution in [0.2, 0.25) is 0 Å². The van der Waals surface area contributed by atoms with Gasteiger partial charge in [-0.2, -0.15) is 0 Å². The second kappa shape index (κ2) is 7.13. The molecule has 0 fully saturated rings. The molecule has 7 N–H and O–H groups in total. The Kier molecular flexibility index (Phi) is 5.81. The van der Waals surface area contributed by atoms with E-state index in [2.05, 4.69) is 0 Å². The molecule has 1 unspecified atom stereocenters. The summed E-state index contributed by atoms with van der Waals surface area (Å²) in [4.78, 5) is 21.7. The molecule has 110 valence electrons. The van der Waals surface area contributed by atoms with Gasteiger partial charge in [-0.25, -0.2) is 0 Å². The number of hydrogen-bond donors (Lipinski definition) is 5. The maximum absolute atomic E-state index is 10.7. The Hall–Kier alpha value is -1.77. The van der Waals surface area contributed by atoms with Gasteiger partial charge in [-0.1, -0.05) is 6.07 Å². The number of aliphatic carboxylic acids is 2. The first-order valence-corrected chi connectivity index (χ1v) is 6.71. The van der Waals surface area contributed by atoms with Crippen molar-refractivity contribution < 1.29 is 24.9 Å². The predicted octanol–water partition coefficient (Wildman–Crippen LogP) is -0.149. The van der Waals surface area contributed by atoms with E-state index in [0.717, 1.165) is 11.8 Å². The van der Waals surface area contributed by atoms with Gasteiger partial charge in [0.05, 0.1) is 0 Å². The zero-order valence-electron chi connectivity index (χ0n) is 10.5. The normalized spacial score (nSPS) is 13.7. The SMILES string of the molecule is NC(CSc1cc(C[C@@H](N)C(=O)O)ccc1O)C(=O)O. The van der Waals surface area contributed by atoms with Gasteiger partial charge in [0.1, 0.15) is 17.8 Å². The highest BCUT2D eigenvalue weighted by Crippen LogP contribution is 2.30. The van der Waals surface area contributed by atoms with E-state index in [9.17, 15) is 14.7 Å². The number of phenolic OH excluding ortho intramolecular Hbond substituents is 1. The predicted molar refractivity (Wildman–Crippen MR) is 73.8 cm³/mol. The highest BCUT2D eigenvalue weighted by atomic mass is 32.2. The van der Waals surface area contributed by atoms with Gasteiger partial charge in [-0.05, 0) is 24.1 Å². The third kappa shape index (κ3) is 4.72. The molecule has 0 aliphatic rings. The van der Waals surface area contributed by atoms with Crippen LogP contribution < -0.4 is 11.5 Å². The van der Waals surface area contributed by atoms with E-state index in [4.69, 9.17) is 21.7 Å². The Morgan fingerprint density at radius 1 is 1.15 bits per heavy atom. The van der Waals surface area contributed by atoms with Crippen LogP contribution in [0.1, 0.15) is 5.56 Å². The minimum atomic E-state index is -1.12. The van der Waals surface area contributed by atoms with Crippen LogP contribution in [0.4, 0.5) is 0 Å². The zero-order valence-corrected chi connectivity index (χ0v) is 11.3. The van der Waals surface area contributed by atoms with E-state index in [-0.39, 0.29) is 17.9 Å². The number of aromatic hydroxyl groups is 1. The number of hydrogen-bond acceptors (Lipinski definition) is 6. The van der Waals surface area contributed by atoms with Crippen LogP contribution in [0.25, 0.3) is 0 Å². The van der Waals surface area contributed by atoms with Gasteiger partial charge in [-0.15, -0.1) is 11.8 Å². The lowest BCUT2D eigenvalue weighted by atomic mass is 10.1. The summed E-state index contributed by atoms with van der Waals surface area (Å²) in [6.45, 7) is 0. The molecule has 0 aliphatic heterocycles. The van der Waals surface area contributed by atoms with Crippen molar-refractivity contribution in [3.05, 3.63) is 23.8 Å². The first-order chi connectivity index (χ1) is 9.31. The van der Waals surface area contributed by atoms with Gasteiger partial charge >= 0.3 is 11.9 Å². The number of nitrogens with two attached hydrogens (primary N) is 2. The van der Waals surface area contributed by atoms with E-state index < -0.39 is 24.0 Å². The molecule has 1 rings (SSSR count). The summed E-state index contributed by atoms with van der Waals surface area (Å²) in [5.74, 6) is -2.15. The smallest absolute Gasteiger partial charge is 0.321 e. The number of rotatable bonds is 7. The highest BCUT2D eigenvalue weighted by Gasteiger charge is 2.15. The standard InChI is InChI=1S/C12H16N2O5S/c13-7(11(16)17)3-6-1-2-9(15)10(4-6)20-5-8(14)12(18)19/h1-2,4,7-8,15H,3,5,13-14H2,(H,16,17)(H,18,19)/t7-,8?/m1/s1. The average molecular weight is 300 g/mol. The van der Waals surface area contributed by atoms with Gasteiger partial charge in [-0.3, -0.25) is 9.59 Å². The minimum absolute atomic E-state index is 0.0137. The molecule has 0 saturated heterocycles. The van der Waals surface area contributed by atoms with Crippen LogP contribution in [0.15, 0.2) is 23.1 Å². The van der Waals surface area contributed by atoms with Crippen molar-refractivity contribution in [2.75, 3.05) is 5.75 Å². The number of carbonyl (C=O) groups is 2. The van der Waals surface area contributed by atoms with Gasteiger partial charge in [0, 0.05) is 10.6 Å². The molecule has 0 spiro atoms. The van der Waals surface area contributed by atoms with Crippen molar-refractivity contribution in [3.63, 3.8) is 0 Å². The van der Waals surface area contributed by atoms with Crippen LogP contribution in [-0.2, 0) is 16.0 Å². The van der Waals surface area contributed by atoms with Crippen molar-refractivity contribution in [1.82, 2.24) is 0 Å². The lowest BCUT2D eigenvalue weighted by Gasteiger charge is -2.11. The van der Waals surface area contributed by atoms with E-state index in [1.54, 1.807) is 12.1 Å². The fourth-order valence-electron chi connectivity index (χ4n) is 1.39. The zero-order chi connectivity index (χ0) is 15.3. The summed E-state index contributed by atoms with van der Waals surface area (Å²) >= 11 is 1.09. The van der Waals surface area contributed by atoms with Gasteiger partial charge in [0.25, 0.3) is 0 Å². The quantitative estimate of drug-likeness (QED) is 0.437. The second-order valence-electron chi connectivity index (χ2n) is 4.21. The van der Waals surface area contributed by atoms with Crippen LogP contribution >= 0.6 is 11.8 Å². The molecule has 0 bridgehead atoms. The molecule has 0 heterocycles. The first kappa shape index (κ1) is 16.3. The third-order valence-corrected chi connectivity index (χ3v) is 3.70. The van der Waals surface area contributed by atoms with E-state index in [0.29, 0.717) is 10.5 Å². The Morgan fingerprint density at radius 3 is 2.30 bits per heavy atom. The molecular formula is C12H16N2O5S. The largest absolute Gasteiger partial charge is 0.507 e. The summed E-state index contributed by atoms with van der Waals surface area (Å²) in [5.41, 5.74) is 11.4. The van der Waals surface area contributed by atoms with Crippen molar-refractivity contribution in [2.24, 2.45) is 11.5 Å². The Labute approximate surface area is 119 Å². The fraction of sp³-hybridized carbons (Fsp3) is 0.333. The van der Waals surface area contributed by atoms with Gasteiger partial charge in [0.15, 0.2) is 0 Å². The fourth-order valence-corrected chi connectivity index (χ4v) is 2.35. The first-order valence-electron chi connectivity index (χ1n) is 5.72. The van der Waals surface area contributed by atoms with Gasteiger partial charge in [0.2, 0.25) is 0 Å². The average Bonchev–Trinajstić information content (AvgIpc) is 2.38. The van der Waals surface area contributed by atoms with Crippen molar-refractivity contribution >= 4 is 23.7 Å². The number of benzene rings is 1. The summed E-state index contributed by atoms with van der Waals surface area (Å²) in [5, 5.41) is 27.1. The Morgan fingerprint density at radius 2 is 1.75 bits per heavy atom. The molecule has 20 heavy (non-hydrogen) atoms.